The van der Waals surface area contributed by atoms with Crippen LogP contribution in [0, 0.1) is 0 Å². The van der Waals surface area contributed by atoms with Crippen LogP contribution in [-0.2, 0) is 6.54 Å². The Hall–Kier alpha value is -3.19. The van der Waals surface area contributed by atoms with Crippen molar-refractivity contribution in [2.45, 2.75) is 36.1 Å². The topological polar surface area (TPSA) is 81.7 Å². The molecule has 0 atom stereocenters. The highest BCUT2D eigenvalue weighted by Crippen LogP contribution is 2.37. The van der Waals surface area contributed by atoms with Crippen LogP contribution < -0.4 is 15.9 Å². The van der Waals surface area contributed by atoms with Crippen molar-refractivity contribution in [2.24, 2.45) is 0 Å². The minimum Gasteiger partial charge on any atom is -0.505 e. The van der Waals surface area contributed by atoms with Gasteiger partial charge in [-0.1, -0.05) is 43.3 Å². The third-order valence-electron chi connectivity index (χ3n) is 4.95. The van der Waals surface area contributed by atoms with Gasteiger partial charge in [-0.25, -0.2) is 4.79 Å². The van der Waals surface area contributed by atoms with E-state index in [1.54, 1.807) is 42.0 Å². The largest absolute Gasteiger partial charge is 0.505 e. The molecule has 4 aromatic rings. The number of aryl methyl sites for hydroxylation is 1. The maximum atomic E-state index is 13.3. The third kappa shape index (κ3) is 3.45. The highest BCUT2D eigenvalue weighted by Gasteiger charge is 2.22. The van der Waals surface area contributed by atoms with Gasteiger partial charge in [0.15, 0.2) is 11.3 Å². The number of ether oxygens (including phenoxy) is 1. The predicted molar refractivity (Wildman–Crippen MR) is 118 cm³/mol. The van der Waals surface area contributed by atoms with Gasteiger partial charge in [0.1, 0.15) is 16.0 Å². The fraction of sp³-hybridized carbons (Fsp3) is 0.217. The van der Waals surface area contributed by atoms with Crippen LogP contribution in [0.2, 0.25) is 0 Å². The van der Waals surface area contributed by atoms with Crippen LogP contribution in [0.25, 0.3) is 21.9 Å². The highest BCUT2D eigenvalue weighted by atomic mass is 32.2. The summed E-state index contributed by atoms with van der Waals surface area (Å²) in [6.45, 7) is 2.57. The van der Waals surface area contributed by atoms with E-state index in [2.05, 4.69) is 0 Å². The van der Waals surface area contributed by atoms with Crippen molar-refractivity contribution in [2.75, 3.05) is 7.11 Å². The van der Waals surface area contributed by atoms with E-state index in [0.29, 0.717) is 28.1 Å². The number of pyridine rings is 1. The number of benzene rings is 2. The second-order valence-corrected chi connectivity index (χ2v) is 7.96. The first-order valence-corrected chi connectivity index (χ1v) is 10.5. The standard InChI is InChI=1S/C23H21NO5S/c1-3-4-12-24-17-11-6-5-10-16(17)20-18(22(24)26)19(25)21(23(27)29-20)30-15-9-7-8-14(13-15)28-2/h5-11,13,25H,3-4,12H2,1-2H3. The molecule has 0 saturated carbocycles. The van der Waals surface area contributed by atoms with Crippen LogP contribution in [0.4, 0.5) is 0 Å². The number of aromatic hydroxyl groups is 1. The summed E-state index contributed by atoms with van der Waals surface area (Å²) in [7, 11) is 1.55. The molecule has 0 aliphatic heterocycles. The van der Waals surface area contributed by atoms with Crippen molar-refractivity contribution < 1.29 is 14.3 Å². The van der Waals surface area contributed by atoms with Crippen LogP contribution in [0.5, 0.6) is 11.5 Å². The molecular weight excluding hydrogens is 402 g/mol. The number of hydrogen-bond donors (Lipinski definition) is 1. The molecule has 2 aromatic carbocycles. The van der Waals surface area contributed by atoms with Crippen LogP contribution in [0.1, 0.15) is 19.8 Å². The zero-order chi connectivity index (χ0) is 21.3. The monoisotopic (exact) mass is 423 g/mol. The Morgan fingerprint density at radius 3 is 2.70 bits per heavy atom. The molecule has 2 heterocycles. The molecular formula is C23H21NO5S. The molecule has 0 spiro atoms. The van der Waals surface area contributed by atoms with Gasteiger partial charge in [0.2, 0.25) is 0 Å². The second-order valence-electron chi connectivity index (χ2n) is 6.88. The Balaban J connectivity index is 1.99. The molecule has 154 valence electrons. The Kier molecular flexibility index (Phi) is 5.55. The van der Waals surface area contributed by atoms with E-state index >= 15 is 0 Å². The van der Waals surface area contributed by atoms with Gasteiger partial charge in [0, 0.05) is 16.8 Å². The fourth-order valence-corrected chi connectivity index (χ4v) is 4.33. The van der Waals surface area contributed by atoms with E-state index in [1.807, 2.05) is 25.1 Å². The summed E-state index contributed by atoms with van der Waals surface area (Å²) < 4.78 is 12.4. The second kappa shape index (κ2) is 8.28. The molecule has 0 saturated heterocycles. The zero-order valence-corrected chi connectivity index (χ0v) is 17.5. The lowest BCUT2D eigenvalue weighted by Crippen LogP contribution is -2.22. The van der Waals surface area contributed by atoms with E-state index in [0.717, 1.165) is 24.6 Å². The molecule has 0 aliphatic carbocycles. The number of aromatic nitrogens is 1. The first kappa shape index (κ1) is 20.1. The maximum absolute atomic E-state index is 13.3. The number of fused-ring (bicyclic) bond motifs is 3. The van der Waals surface area contributed by atoms with E-state index in [1.165, 1.54) is 0 Å². The smallest absolute Gasteiger partial charge is 0.354 e. The van der Waals surface area contributed by atoms with E-state index < -0.39 is 5.63 Å². The third-order valence-corrected chi connectivity index (χ3v) is 6.01. The van der Waals surface area contributed by atoms with Gasteiger partial charge in [0.25, 0.3) is 5.56 Å². The maximum Gasteiger partial charge on any atom is 0.354 e. The molecule has 2 aromatic heterocycles. The number of para-hydroxylation sites is 1. The molecule has 30 heavy (non-hydrogen) atoms. The first-order valence-electron chi connectivity index (χ1n) is 9.68. The van der Waals surface area contributed by atoms with Gasteiger partial charge in [0.05, 0.1) is 12.6 Å². The number of nitrogens with zero attached hydrogens (tertiary/aromatic N) is 1. The van der Waals surface area contributed by atoms with Crippen molar-refractivity contribution in [1.29, 1.82) is 0 Å². The molecule has 0 radical (unpaired) electrons. The Morgan fingerprint density at radius 2 is 1.93 bits per heavy atom. The van der Waals surface area contributed by atoms with E-state index in [-0.39, 0.29) is 27.2 Å². The number of hydrogen-bond acceptors (Lipinski definition) is 6. The molecule has 0 fully saturated rings. The van der Waals surface area contributed by atoms with Crippen LogP contribution >= 0.6 is 11.8 Å². The lowest BCUT2D eigenvalue weighted by Gasteiger charge is -2.13. The number of rotatable bonds is 6. The van der Waals surface area contributed by atoms with Gasteiger partial charge in [-0.05, 0) is 36.8 Å². The SMILES string of the molecule is CCCCn1c(=O)c2c(O)c(Sc3cccc(OC)c3)c(=O)oc2c2ccccc21. The lowest BCUT2D eigenvalue weighted by molar-refractivity contribution is 0.413. The summed E-state index contributed by atoms with van der Waals surface area (Å²) in [6, 6.07) is 14.4. The number of unbranched alkanes of at least 4 members (excludes halogenated alkanes) is 1. The molecule has 0 amide bonds. The van der Waals surface area contributed by atoms with E-state index in [4.69, 9.17) is 9.15 Å². The summed E-state index contributed by atoms with van der Waals surface area (Å²) in [5, 5.41) is 11.6. The summed E-state index contributed by atoms with van der Waals surface area (Å²) in [5.41, 5.74) is -0.269. The van der Waals surface area contributed by atoms with Crippen molar-refractivity contribution >= 4 is 33.6 Å². The fourth-order valence-electron chi connectivity index (χ4n) is 3.45. The Labute approximate surface area is 176 Å². The Bertz CT molecular complexity index is 1360. The van der Waals surface area contributed by atoms with Crippen molar-refractivity contribution in [3.8, 4) is 11.5 Å². The molecule has 0 aliphatic rings. The van der Waals surface area contributed by atoms with Gasteiger partial charge >= 0.3 is 5.63 Å². The summed E-state index contributed by atoms with van der Waals surface area (Å²) in [4.78, 5) is 26.7. The zero-order valence-electron chi connectivity index (χ0n) is 16.7. The van der Waals surface area contributed by atoms with Crippen molar-refractivity contribution in [3.63, 3.8) is 0 Å². The lowest BCUT2D eigenvalue weighted by atomic mass is 10.1. The van der Waals surface area contributed by atoms with Gasteiger partial charge in [-0.2, -0.15) is 0 Å². The van der Waals surface area contributed by atoms with Crippen molar-refractivity contribution in [1.82, 2.24) is 4.57 Å². The minimum atomic E-state index is -0.691. The molecule has 1 N–H and O–H groups in total. The number of methoxy groups -OCH3 is 1. The average Bonchev–Trinajstić information content (AvgIpc) is 2.76. The van der Waals surface area contributed by atoms with Crippen molar-refractivity contribution in [3.05, 3.63) is 69.3 Å². The molecule has 7 heteroatoms. The van der Waals surface area contributed by atoms with Gasteiger partial charge < -0.3 is 18.8 Å². The summed E-state index contributed by atoms with van der Waals surface area (Å²) >= 11 is 1.04. The molecule has 4 rings (SSSR count). The van der Waals surface area contributed by atoms with E-state index in [9.17, 15) is 14.7 Å². The quantitative estimate of drug-likeness (QED) is 0.450. The van der Waals surface area contributed by atoms with Crippen LogP contribution in [0.15, 0.2) is 72.3 Å². The summed E-state index contributed by atoms with van der Waals surface area (Å²) in [5.74, 6) is 0.271. The molecule has 0 unspecified atom stereocenters. The minimum absolute atomic E-state index is 0.0230. The highest BCUT2D eigenvalue weighted by molar-refractivity contribution is 7.99. The van der Waals surface area contributed by atoms with Crippen LogP contribution in [-0.4, -0.2) is 16.8 Å². The first-order chi connectivity index (χ1) is 14.5. The summed E-state index contributed by atoms with van der Waals surface area (Å²) in [6.07, 6.45) is 1.74. The predicted octanol–water partition coefficient (Wildman–Crippen LogP) is 4.77. The molecule has 6 nitrogen and oxygen atoms in total. The molecule has 0 bridgehead atoms. The normalized spacial score (nSPS) is 11.3. The van der Waals surface area contributed by atoms with Gasteiger partial charge in [-0.15, -0.1) is 0 Å². The average molecular weight is 423 g/mol. The Morgan fingerprint density at radius 1 is 1.13 bits per heavy atom. The van der Waals surface area contributed by atoms with Gasteiger partial charge in [-0.3, -0.25) is 4.79 Å². The van der Waals surface area contributed by atoms with Crippen LogP contribution in [0.3, 0.4) is 0 Å².